The van der Waals surface area contributed by atoms with E-state index in [9.17, 15) is 0 Å². The molecule has 0 unspecified atom stereocenters. The van der Waals surface area contributed by atoms with Crippen LogP contribution in [-0.2, 0) is 0 Å². The van der Waals surface area contributed by atoms with Gasteiger partial charge in [-0.3, -0.25) is 0 Å². The molecule has 0 aliphatic carbocycles. The van der Waals surface area contributed by atoms with Gasteiger partial charge in [-0.1, -0.05) is 0 Å². The van der Waals surface area contributed by atoms with Gasteiger partial charge in [0.15, 0.2) is 11.6 Å². The summed E-state index contributed by atoms with van der Waals surface area (Å²) in [5.41, 5.74) is 7.35. The van der Waals surface area contributed by atoms with E-state index in [0.717, 1.165) is 22.4 Å². The quantitative estimate of drug-likeness (QED) is 0.696. The number of fused-ring (bicyclic) bond motifs is 1. The van der Waals surface area contributed by atoms with Gasteiger partial charge >= 0.3 is 0 Å². The number of nitrogens with two attached hydrogens (primary N) is 1. The van der Waals surface area contributed by atoms with Gasteiger partial charge < -0.3 is 10.5 Å². The van der Waals surface area contributed by atoms with Gasteiger partial charge in [0.25, 0.3) is 0 Å². The molecule has 3 aromatic rings. The van der Waals surface area contributed by atoms with Crippen molar-refractivity contribution in [3.05, 3.63) is 42.7 Å². The lowest BCUT2D eigenvalue weighted by atomic mass is 10.2. The van der Waals surface area contributed by atoms with E-state index in [4.69, 9.17) is 10.5 Å². The van der Waals surface area contributed by atoms with E-state index >= 15 is 0 Å². The molecule has 0 radical (unpaired) electrons. The van der Waals surface area contributed by atoms with Crippen LogP contribution < -0.4 is 10.5 Å². The minimum absolute atomic E-state index is 0.703. The Bertz CT molecular complexity index is 705. The summed E-state index contributed by atoms with van der Waals surface area (Å²) in [6, 6.07) is 9.50. The molecule has 3 rings (SSSR count). The molecule has 0 spiro atoms. The van der Waals surface area contributed by atoms with Crippen LogP contribution in [0, 0.1) is 0 Å². The first-order chi connectivity index (χ1) is 8.76. The first-order valence-electron chi connectivity index (χ1n) is 5.51. The maximum absolute atomic E-state index is 5.73. The molecule has 5 nitrogen and oxygen atoms in total. The molecular weight excluding hydrogens is 228 g/mol. The van der Waals surface area contributed by atoms with Crippen molar-refractivity contribution >= 4 is 16.6 Å². The van der Waals surface area contributed by atoms with Crippen molar-refractivity contribution in [1.82, 2.24) is 14.8 Å². The number of hydrogen-bond acceptors (Lipinski definition) is 4. The molecule has 5 heteroatoms. The smallest absolute Gasteiger partial charge is 0.157 e. The molecule has 18 heavy (non-hydrogen) atoms. The highest BCUT2D eigenvalue weighted by Crippen LogP contribution is 2.18. The molecule has 2 N–H and O–H groups in total. The number of anilines is 1. The number of methoxy groups -OCH3 is 1. The van der Waals surface area contributed by atoms with Gasteiger partial charge in [-0.05, 0) is 30.3 Å². The second-order valence-corrected chi connectivity index (χ2v) is 3.95. The fraction of sp³-hybridized carbons (Fsp3) is 0.0769. The van der Waals surface area contributed by atoms with Crippen molar-refractivity contribution in [2.45, 2.75) is 0 Å². The number of nitrogen functional groups attached to an aromatic ring is 1. The van der Waals surface area contributed by atoms with Crippen LogP contribution in [0.2, 0.25) is 0 Å². The maximum atomic E-state index is 5.73. The highest BCUT2D eigenvalue weighted by molar-refractivity contribution is 5.82. The maximum Gasteiger partial charge on any atom is 0.157 e. The second-order valence-electron chi connectivity index (χ2n) is 3.95. The van der Waals surface area contributed by atoms with Crippen LogP contribution in [-0.4, -0.2) is 21.9 Å². The summed E-state index contributed by atoms with van der Waals surface area (Å²) in [4.78, 5) is 4.52. The number of rotatable bonds is 2. The first-order valence-corrected chi connectivity index (χ1v) is 5.51. The summed E-state index contributed by atoms with van der Waals surface area (Å²) >= 11 is 0. The Labute approximate surface area is 104 Å². The Morgan fingerprint density at radius 2 is 2.11 bits per heavy atom. The van der Waals surface area contributed by atoms with Gasteiger partial charge in [-0.15, -0.1) is 0 Å². The Morgan fingerprint density at radius 3 is 2.89 bits per heavy atom. The third kappa shape index (κ3) is 1.75. The molecule has 0 aliphatic heterocycles. The summed E-state index contributed by atoms with van der Waals surface area (Å²) in [6.07, 6.45) is 3.43. The van der Waals surface area contributed by atoms with Crippen molar-refractivity contribution in [3.8, 4) is 11.6 Å². The van der Waals surface area contributed by atoms with Crippen LogP contribution in [0.3, 0.4) is 0 Å². The van der Waals surface area contributed by atoms with E-state index < -0.39 is 0 Å². The van der Waals surface area contributed by atoms with Crippen molar-refractivity contribution < 1.29 is 4.74 Å². The van der Waals surface area contributed by atoms with E-state index in [1.54, 1.807) is 24.2 Å². The molecule has 0 fully saturated rings. The lowest BCUT2D eigenvalue weighted by Gasteiger charge is -2.03. The lowest BCUT2D eigenvalue weighted by molar-refractivity contribution is 0.414. The van der Waals surface area contributed by atoms with Gasteiger partial charge in [0.05, 0.1) is 25.0 Å². The van der Waals surface area contributed by atoms with Gasteiger partial charge in [-0.2, -0.15) is 5.10 Å². The Morgan fingerprint density at radius 1 is 1.22 bits per heavy atom. The fourth-order valence-corrected chi connectivity index (χ4v) is 1.80. The average Bonchev–Trinajstić information content (AvgIpc) is 2.87. The fourth-order valence-electron chi connectivity index (χ4n) is 1.80. The van der Waals surface area contributed by atoms with Gasteiger partial charge in [0.2, 0.25) is 0 Å². The number of aromatic nitrogens is 3. The van der Waals surface area contributed by atoms with Gasteiger partial charge in [-0.25, -0.2) is 9.67 Å². The standard InChI is InChI=1S/C13H12N4O/c1-18-11-7-15-17(8-11)13-5-2-9-6-10(14)3-4-12(9)16-13/h2-8H,14H2,1H3. The van der Waals surface area contributed by atoms with Crippen LogP contribution >= 0.6 is 0 Å². The SMILES string of the molecule is COc1cnn(-c2ccc3cc(N)ccc3n2)c1. The van der Waals surface area contributed by atoms with Crippen molar-refractivity contribution in [2.75, 3.05) is 12.8 Å². The number of nitrogens with zero attached hydrogens (tertiary/aromatic N) is 3. The van der Waals surface area contributed by atoms with Gasteiger partial charge in [0, 0.05) is 11.1 Å². The van der Waals surface area contributed by atoms with Crippen molar-refractivity contribution in [3.63, 3.8) is 0 Å². The van der Waals surface area contributed by atoms with E-state index in [2.05, 4.69) is 10.1 Å². The zero-order valence-electron chi connectivity index (χ0n) is 9.87. The van der Waals surface area contributed by atoms with Crippen LogP contribution in [0.25, 0.3) is 16.7 Å². The minimum atomic E-state index is 0.703. The van der Waals surface area contributed by atoms with E-state index in [1.165, 1.54) is 0 Å². The third-order valence-corrected chi connectivity index (χ3v) is 2.73. The molecule has 2 aromatic heterocycles. The molecule has 90 valence electrons. The molecule has 0 aliphatic rings. The molecule has 2 heterocycles. The first kappa shape index (κ1) is 10.6. The molecule has 0 bridgehead atoms. The zero-order valence-corrected chi connectivity index (χ0v) is 9.87. The highest BCUT2D eigenvalue weighted by atomic mass is 16.5. The summed E-state index contributed by atoms with van der Waals surface area (Å²) in [6.45, 7) is 0. The molecule has 0 saturated carbocycles. The molecule has 0 saturated heterocycles. The Hall–Kier alpha value is -2.56. The van der Waals surface area contributed by atoms with Gasteiger partial charge in [0.1, 0.15) is 0 Å². The average molecular weight is 240 g/mol. The number of pyridine rings is 1. The van der Waals surface area contributed by atoms with Crippen LogP contribution in [0.4, 0.5) is 5.69 Å². The monoisotopic (exact) mass is 240 g/mol. The number of ether oxygens (including phenoxy) is 1. The summed E-state index contributed by atoms with van der Waals surface area (Å²) in [5.74, 6) is 1.45. The highest BCUT2D eigenvalue weighted by Gasteiger charge is 2.03. The lowest BCUT2D eigenvalue weighted by Crippen LogP contribution is -1.98. The number of hydrogen-bond donors (Lipinski definition) is 1. The van der Waals surface area contributed by atoms with E-state index in [0.29, 0.717) is 5.75 Å². The van der Waals surface area contributed by atoms with Crippen LogP contribution in [0.15, 0.2) is 42.7 Å². The molecule has 0 atom stereocenters. The Balaban J connectivity index is 2.10. The minimum Gasteiger partial charge on any atom is -0.493 e. The third-order valence-electron chi connectivity index (χ3n) is 2.73. The van der Waals surface area contributed by atoms with E-state index in [1.807, 2.05) is 30.3 Å². The predicted octanol–water partition coefficient (Wildman–Crippen LogP) is 2.01. The van der Waals surface area contributed by atoms with Crippen LogP contribution in [0.5, 0.6) is 5.75 Å². The molecule has 0 amide bonds. The molecular formula is C13H12N4O. The Kier molecular flexibility index (Phi) is 2.37. The predicted molar refractivity (Wildman–Crippen MR) is 69.8 cm³/mol. The summed E-state index contributed by atoms with van der Waals surface area (Å²) < 4.78 is 6.77. The largest absolute Gasteiger partial charge is 0.493 e. The van der Waals surface area contributed by atoms with E-state index in [-0.39, 0.29) is 0 Å². The second kappa shape index (κ2) is 4.03. The number of benzene rings is 1. The normalized spacial score (nSPS) is 10.7. The summed E-state index contributed by atoms with van der Waals surface area (Å²) in [5, 5.41) is 5.20. The van der Waals surface area contributed by atoms with Crippen molar-refractivity contribution in [1.29, 1.82) is 0 Å². The van der Waals surface area contributed by atoms with Crippen molar-refractivity contribution in [2.24, 2.45) is 0 Å². The summed E-state index contributed by atoms with van der Waals surface area (Å²) in [7, 11) is 1.61. The van der Waals surface area contributed by atoms with Crippen LogP contribution in [0.1, 0.15) is 0 Å². The topological polar surface area (TPSA) is 66.0 Å². The molecule has 1 aromatic carbocycles. The zero-order chi connectivity index (χ0) is 12.5.